The highest BCUT2D eigenvalue weighted by Gasteiger charge is 2.63. The van der Waals surface area contributed by atoms with Crippen molar-refractivity contribution >= 4 is 11.8 Å². The molecule has 1 unspecified atom stereocenters. The maximum atomic E-state index is 11.7. The third kappa shape index (κ3) is 0.963. The second-order valence-electron chi connectivity index (χ2n) is 5.10. The van der Waals surface area contributed by atoms with Crippen LogP contribution in [0, 0.1) is 5.41 Å². The van der Waals surface area contributed by atoms with E-state index < -0.39 is 5.54 Å². The van der Waals surface area contributed by atoms with Crippen LogP contribution in [-0.4, -0.2) is 48.4 Å². The summed E-state index contributed by atoms with van der Waals surface area (Å²) in [6, 6.07) is 0. The molecule has 2 spiro atoms. The number of carbonyl (C=O) groups is 2. The molecule has 1 atom stereocenters. The lowest BCUT2D eigenvalue weighted by Crippen LogP contribution is -2.71. The summed E-state index contributed by atoms with van der Waals surface area (Å²) >= 11 is 0. The summed E-state index contributed by atoms with van der Waals surface area (Å²) in [5.41, 5.74) is -0.336. The van der Waals surface area contributed by atoms with Crippen LogP contribution in [0.15, 0.2) is 0 Å². The van der Waals surface area contributed by atoms with Gasteiger partial charge in [-0.3, -0.25) is 9.59 Å². The van der Waals surface area contributed by atoms with Gasteiger partial charge in [-0.05, 0) is 6.42 Å². The second kappa shape index (κ2) is 2.52. The molecule has 0 aromatic rings. The first-order valence-corrected chi connectivity index (χ1v) is 5.35. The normalized spacial score (nSPS) is 36.3. The van der Waals surface area contributed by atoms with Gasteiger partial charge in [-0.25, -0.2) is 0 Å². The Hall–Kier alpha value is -1.10. The summed E-state index contributed by atoms with van der Waals surface area (Å²) in [5, 5.41) is 5.99. The summed E-state index contributed by atoms with van der Waals surface area (Å²) in [4.78, 5) is 25.0. The zero-order chi connectivity index (χ0) is 10.7. The van der Waals surface area contributed by atoms with E-state index in [-0.39, 0.29) is 17.2 Å². The van der Waals surface area contributed by atoms with E-state index in [0.717, 1.165) is 26.1 Å². The molecule has 0 bridgehead atoms. The predicted octanol–water partition coefficient (Wildman–Crippen LogP) is -1.30. The minimum atomic E-state index is -0.506. The number of nitrogens with one attached hydrogen (secondary N) is 2. The molecule has 2 amide bonds. The molecule has 3 saturated heterocycles. The van der Waals surface area contributed by atoms with Crippen molar-refractivity contribution in [3.05, 3.63) is 0 Å². The van der Waals surface area contributed by atoms with Crippen LogP contribution < -0.4 is 10.6 Å². The van der Waals surface area contributed by atoms with Crippen molar-refractivity contribution in [2.75, 3.05) is 26.2 Å². The fraction of sp³-hybridized carbons (Fsp3) is 0.800. The van der Waals surface area contributed by atoms with Crippen LogP contribution >= 0.6 is 0 Å². The van der Waals surface area contributed by atoms with E-state index in [9.17, 15) is 9.59 Å². The third-order valence-corrected chi connectivity index (χ3v) is 4.02. The molecule has 3 rings (SSSR count). The van der Waals surface area contributed by atoms with Gasteiger partial charge in [0.05, 0.1) is 6.54 Å². The van der Waals surface area contributed by atoms with Gasteiger partial charge in [0.1, 0.15) is 5.54 Å². The number of amides is 2. The summed E-state index contributed by atoms with van der Waals surface area (Å²) in [7, 11) is 0. The Morgan fingerprint density at radius 3 is 2.40 bits per heavy atom. The smallest absolute Gasteiger partial charge is 0.247 e. The Morgan fingerprint density at radius 2 is 2.13 bits per heavy atom. The molecule has 0 aromatic carbocycles. The van der Waals surface area contributed by atoms with E-state index in [1.807, 2.05) is 0 Å². The van der Waals surface area contributed by atoms with Crippen LogP contribution in [0.5, 0.6) is 0 Å². The molecule has 15 heavy (non-hydrogen) atoms. The average Bonchev–Trinajstić information content (AvgIpc) is 2.53. The Morgan fingerprint density at radius 1 is 1.40 bits per heavy atom. The van der Waals surface area contributed by atoms with Crippen molar-refractivity contribution in [3.8, 4) is 0 Å². The molecule has 3 fully saturated rings. The number of likely N-dealkylation sites (tertiary alicyclic amines) is 1. The standard InChI is InChI=1S/C10H15N3O2/c1-7(14)13-6-9(3-11-4-9)2-10(13)5-12-8(10)15/h11H,2-6H2,1H3,(H,12,15). The summed E-state index contributed by atoms with van der Waals surface area (Å²) in [6.45, 7) is 4.80. The largest absolute Gasteiger partial charge is 0.351 e. The number of carbonyl (C=O) groups excluding carboxylic acids is 2. The lowest BCUT2D eigenvalue weighted by molar-refractivity contribution is -0.150. The lowest BCUT2D eigenvalue weighted by atomic mass is 9.74. The first-order chi connectivity index (χ1) is 7.08. The molecule has 0 aromatic heterocycles. The molecule has 3 aliphatic heterocycles. The Labute approximate surface area is 88.2 Å². The topological polar surface area (TPSA) is 61.4 Å². The highest BCUT2D eigenvalue weighted by atomic mass is 16.2. The van der Waals surface area contributed by atoms with E-state index in [1.54, 1.807) is 11.8 Å². The molecule has 5 nitrogen and oxygen atoms in total. The van der Waals surface area contributed by atoms with Crippen molar-refractivity contribution in [2.45, 2.75) is 18.9 Å². The van der Waals surface area contributed by atoms with Crippen molar-refractivity contribution in [3.63, 3.8) is 0 Å². The van der Waals surface area contributed by atoms with Gasteiger partial charge in [0, 0.05) is 32.0 Å². The minimum Gasteiger partial charge on any atom is -0.351 e. The van der Waals surface area contributed by atoms with Crippen molar-refractivity contribution in [1.29, 1.82) is 0 Å². The van der Waals surface area contributed by atoms with Gasteiger partial charge in [-0.2, -0.15) is 0 Å². The third-order valence-electron chi connectivity index (χ3n) is 4.02. The fourth-order valence-corrected chi connectivity index (χ4v) is 3.11. The molecule has 0 saturated carbocycles. The molecule has 0 radical (unpaired) electrons. The van der Waals surface area contributed by atoms with Gasteiger partial charge in [-0.15, -0.1) is 0 Å². The fourth-order valence-electron chi connectivity index (χ4n) is 3.11. The Kier molecular flexibility index (Phi) is 1.54. The van der Waals surface area contributed by atoms with Crippen LogP contribution in [0.3, 0.4) is 0 Å². The monoisotopic (exact) mass is 209 g/mol. The lowest BCUT2D eigenvalue weighted by Gasteiger charge is -2.44. The molecule has 3 aliphatic rings. The van der Waals surface area contributed by atoms with Gasteiger partial charge >= 0.3 is 0 Å². The van der Waals surface area contributed by atoms with E-state index in [1.165, 1.54) is 0 Å². The maximum Gasteiger partial charge on any atom is 0.247 e. The van der Waals surface area contributed by atoms with Gasteiger partial charge in [0.15, 0.2) is 0 Å². The summed E-state index contributed by atoms with van der Waals surface area (Å²) < 4.78 is 0. The van der Waals surface area contributed by atoms with E-state index in [4.69, 9.17) is 0 Å². The van der Waals surface area contributed by atoms with E-state index in [0.29, 0.717) is 6.54 Å². The van der Waals surface area contributed by atoms with Crippen molar-refractivity contribution in [1.82, 2.24) is 15.5 Å². The average molecular weight is 209 g/mol. The molecule has 3 heterocycles. The number of hydrogen-bond acceptors (Lipinski definition) is 3. The number of nitrogens with zero attached hydrogens (tertiary/aromatic N) is 1. The zero-order valence-corrected chi connectivity index (χ0v) is 8.80. The summed E-state index contributed by atoms with van der Waals surface area (Å²) in [5.74, 6) is 0.0510. The zero-order valence-electron chi connectivity index (χ0n) is 8.80. The molecule has 82 valence electrons. The molecular formula is C10H15N3O2. The highest BCUT2D eigenvalue weighted by molar-refractivity contribution is 5.97. The first-order valence-electron chi connectivity index (χ1n) is 5.35. The first kappa shape index (κ1) is 9.15. The maximum absolute atomic E-state index is 11.7. The van der Waals surface area contributed by atoms with Gasteiger partial charge in [-0.1, -0.05) is 0 Å². The summed E-state index contributed by atoms with van der Waals surface area (Å²) in [6.07, 6.45) is 0.832. The predicted molar refractivity (Wildman–Crippen MR) is 53.0 cm³/mol. The van der Waals surface area contributed by atoms with Crippen LogP contribution in [-0.2, 0) is 9.59 Å². The van der Waals surface area contributed by atoms with Crippen LogP contribution in [0.2, 0.25) is 0 Å². The number of hydrogen-bond donors (Lipinski definition) is 2. The van der Waals surface area contributed by atoms with E-state index >= 15 is 0 Å². The SMILES string of the molecule is CC(=O)N1CC2(CNC2)CC12CNC2=O. The molecule has 2 N–H and O–H groups in total. The van der Waals surface area contributed by atoms with Gasteiger partial charge < -0.3 is 15.5 Å². The molecule has 5 heteroatoms. The van der Waals surface area contributed by atoms with Gasteiger partial charge in [0.25, 0.3) is 0 Å². The minimum absolute atomic E-state index is 0.0219. The van der Waals surface area contributed by atoms with Crippen LogP contribution in [0.4, 0.5) is 0 Å². The quantitative estimate of drug-likeness (QED) is 0.487. The van der Waals surface area contributed by atoms with Crippen molar-refractivity contribution in [2.24, 2.45) is 5.41 Å². The molecule has 0 aliphatic carbocycles. The van der Waals surface area contributed by atoms with Crippen LogP contribution in [0.25, 0.3) is 0 Å². The molecular weight excluding hydrogens is 194 g/mol. The number of β-lactam (4-membered cyclic amide) rings is 1. The number of rotatable bonds is 0. The highest BCUT2D eigenvalue weighted by Crippen LogP contribution is 2.46. The van der Waals surface area contributed by atoms with Gasteiger partial charge in [0.2, 0.25) is 11.8 Å². The van der Waals surface area contributed by atoms with E-state index in [2.05, 4.69) is 10.6 Å². The Bertz CT molecular complexity index is 351. The second-order valence-corrected chi connectivity index (χ2v) is 5.10. The van der Waals surface area contributed by atoms with Crippen molar-refractivity contribution < 1.29 is 9.59 Å². The Balaban J connectivity index is 1.92. The van der Waals surface area contributed by atoms with Crippen LogP contribution in [0.1, 0.15) is 13.3 Å².